The molecular weight excluding hydrogens is 212 g/mol. The Labute approximate surface area is 91.5 Å². The average Bonchev–Trinajstić information content (AvgIpc) is 2.86. The molecule has 0 aliphatic carbocycles. The van der Waals surface area contributed by atoms with E-state index in [4.69, 9.17) is 15.3 Å². The zero-order chi connectivity index (χ0) is 11.8. The smallest absolute Gasteiger partial charge is 0.199 e. The molecule has 1 aliphatic rings. The van der Waals surface area contributed by atoms with Gasteiger partial charge in [-0.25, -0.2) is 0 Å². The van der Waals surface area contributed by atoms with Gasteiger partial charge in [-0.2, -0.15) is 0 Å². The van der Waals surface area contributed by atoms with Crippen LogP contribution in [0.3, 0.4) is 0 Å². The van der Waals surface area contributed by atoms with Crippen LogP contribution in [0.2, 0.25) is 26.2 Å². The van der Waals surface area contributed by atoms with Crippen LogP contribution >= 0.6 is 0 Å². The molecule has 0 atom stereocenters. The van der Waals surface area contributed by atoms with Crippen molar-refractivity contribution >= 4 is 16.6 Å². The van der Waals surface area contributed by atoms with Gasteiger partial charge in [0, 0.05) is 21.8 Å². The standard InChI is InChI=1S/C4H13NOSi.C3H9NSi.CH4O.H2/c1-6-7(2,3)4-5;1-5(2)3-4-5;1-2;/h4-5H2,1-3H3;4H,3H2,1-2H3;2H,1H3;1H/i;;;1+1. The summed E-state index contributed by atoms with van der Waals surface area (Å²) in [6, 6.07) is 0. The summed E-state index contributed by atoms with van der Waals surface area (Å²) in [5.41, 5.74) is 5.35. The summed E-state index contributed by atoms with van der Waals surface area (Å²) < 4.78 is 5.10. The largest absolute Gasteiger partial charge is 0.419 e. The fourth-order valence-electron chi connectivity index (χ4n) is 0.260. The monoisotopic (exact) mass is 241 g/mol. The molecule has 4 N–H and O–H groups in total. The molecule has 0 unspecified atom stereocenters. The van der Waals surface area contributed by atoms with E-state index < -0.39 is 16.6 Å². The van der Waals surface area contributed by atoms with Crippen LogP contribution in [0.1, 0.15) is 1.43 Å². The van der Waals surface area contributed by atoms with Crippen molar-refractivity contribution in [1.82, 2.24) is 4.98 Å². The molecule has 1 heterocycles. The minimum atomic E-state index is -1.37. The Morgan fingerprint density at radius 1 is 1.50 bits per heavy atom. The van der Waals surface area contributed by atoms with Gasteiger partial charge in [0.15, 0.2) is 8.32 Å². The number of nitrogens with one attached hydrogen (secondary N) is 1. The number of aliphatic hydroxyl groups is 1. The Morgan fingerprint density at radius 2 is 1.79 bits per heavy atom. The van der Waals surface area contributed by atoms with E-state index in [-0.39, 0.29) is 1.43 Å². The number of hydrogen-bond acceptors (Lipinski definition) is 4. The van der Waals surface area contributed by atoms with E-state index in [2.05, 4.69) is 31.2 Å². The second-order valence-electron chi connectivity index (χ2n) is 4.41. The molecule has 0 aromatic heterocycles. The van der Waals surface area contributed by atoms with Crippen molar-refractivity contribution < 1.29 is 11.0 Å². The molecule has 6 heteroatoms. The van der Waals surface area contributed by atoms with Gasteiger partial charge >= 0.3 is 0 Å². The lowest BCUT2D eigenvalue weighted by atomic mass is 11.5. The normalized spacial score (nSPS) is 17.1. The van der Waals surface area contributed by atoms with E-state index in [0.29, 0.717) is 6.17 Å². The molecule has 0 radical (unpaired) electrons. The van der Waals surface area contributed by atoms with E-state index in [1.165, 1.54) is 6.17 Å². The summed E-state index contributed by atoms with van der Waals surface area (Å²) in [7, 11) is 0.737. The highest BCUT2D eigenvalue weighted by Gasteiger charge is 2.32. The van der Waals surface area contributed by atoms with Crippen molar-refractivity contribution in [3.05, 3.63) is 0 Å². The predicted molar refractivity (Wildman–Crippen MR) is 69.3 cm³/mol. The SMILES string of the molecule is CO.CO[Si](C)(C)CN.C[Si]1(C)CN1.[2HH]. The van der Waals surface area contributed by atoms with E-state index in [1.54, 1.807) is 7.11 Å². The fraction of sp³-hybridized carbons (Fsp3) is 1.00. The summed E-state index contributed by atoms with van der Waals surface area (Å²) in [4.78, 5) is 3.31. The Kier molecular flexibility index (Phi) is 9.00. The molecule has 0 spiro atoms. The first-order valence-corrected chi connectivity index (χ1v) is 11.1. The van der Waals surface area contributed by atoms with Gasteiger partial charge in [-0.05, 0) is 19.3 Å². The molecule has 1 saturated heterocycles. The highest BCUT2D eigenvalue weighted by atomic mass is 28.4. The van der Waals surface area contributed by atoms with E-state index >= 15 is 0 Å². The quantitative estimate of drug-likeness (QED) is 0.487. The molecule has 1 rings (SSSR count). The molecular formula is C8H28N2O2Si2. The van der Waals surface area contributed by atoms with Crippen LogP contribution in [0.5, 0.6) is 0 Å². The zero-order valence-corrected chi connectivity index (χ0v) is 12.3. The van der Waals surface area contributed by atoms with Crippen molar-refractivity contribution in [2.75, 3.05) is 26.6 Å². The topological polar surface area (TPSA) is 77.4 Å². The number of aliphatic hydroxyl groups excluding tert-OH is 1. The van der Waals surface area contributed by atoms with Gasteiger partial charge in [0.2, 0.25) is 0 Å². The van der Waals surface area contributed by atoms with Crippen molar-refractivity contribution in [3.8, 4) is 0 Å². The Bertz CT molecular complexity index is 137. The number of rotatable bonds is 2. The van der Waals surface area contributed by atoms with Crippen molar-refractivity contribution in [2.24, 2.45) is 5.73 Å². The first-order valence-electron chi connectivity index (χ1n) is 4.78. The zero-order valence-electron chi connectivity index (χ0n) is 10.3. The maximum absolute atomic E-state index is 7.00. The van der Waals surface area contributed by atoms with E-state index in [1.807, 2.05) is 0 Å². The minimum absolute atomic E-state index is 0. The van der Waals surface area contributed by atoms with Gasteiger partial charge in [-0.15, -0.1) is 0 Å². The molecule has 0 bridgehead atoms. The second-order valence-corrected chi connectivity index (χ2v) is 13.2. The summed E-state index contributed by atoms with van der Waals surface area (Å²) in [6.07, 6.45) is 2.05. The lowest BCUT2D eigenvalue weighted by Crippen LogP contribution is -2.38. The molecule has 0 aromatic carbocycles. The molecule has 0 aromatic rings. The molecule has 14 heavy (non-hydrogen) atoms. The van der Waals surface area contributed by atoms with Gasteiger partial charge in [0.25, 0.3) is 0 Å². The third-order valence-electron chi connectivity index (χ3n) is 1.93. The number of nitrogens with two attached hydrogens (primary N) is 1. The summed E-state index contributed by atoms with van der Waals surface area (Å²) >= 11 is 0. The van der Waals surface area contributed by atoms with Gasteiger partial charge in [-0.3, -0.25) is 0 Å². The fourth-order valence-corrected chi connectivity index (χ4v) is 1.84. The predicted octanol–water partition coefficient (Wildman–Crippen LogP) is 0.524. The lowest BCUT2D eigenvalue weighted by Gasteiger charge is -2.15. The second kappa shape index (κ2) is 7.55. The average molecular weight is 242 g/mol. The Hall–Kier alpha value is 0.274. The highest BCUT2D eigenvalue weighted by Crippen LogP contribution is 2.05. The minimum Gasteiger partial charge on any atom is -0.419 e. The summed E-state index contributed by atoms with van der Waals surface area (Å²) in [6.45, 7) is 8.83. The van der Waals surface area contributed by atoms with Crippen molar-refractivity contribution in [1.29, 1.82) is 0 Å². The first kappa shape index (κ1) is 16.7. The van der Waals surface area contributed by atoms with Crippen molar-refractivity contribution in [3.63, 3.8) is 0 Å². The number of hydrogen-bond donors (Lipinski definition) is 3. The van der Waals surface area contributed by atoms with Gasteiger partial charge in [0.05, 0.1) is 0 Å². The maximum Gasteiger partial charge on any atom is 0.199 e. The molecule has 1 aliphatic heterocycles. The van der Waals surface area contributed by atoms with Crippen molar-refractivity contribution in [2.45, 2.75) is 26.2 Å². The van der Waals surface area contributed by atoms with Crippen LogP contribution in [-0.2, 0) is 4.43 Å². The third-order valence-corrected chi connectivity index (χ3v) is 5.78. The third kappa shape index (κ3) is 12.3. The van der Waals surface area contributed by atoms with Gasteiger partial charge in [-0.1, -0.05) is 13.1 Å². The Balaban J connectivity index is -0.000000159. The maximum atomic E-state index is 7.00. The van der Waals surface area contributed by atoms with E-state index in [9.17, 15) is 0 Å². The van der Waals surface area contributed by atoms with Crippen LogP contribution in [0.25, 0.3) is 0 Å². The summed E-state index contributed by atoms with van der Waals surface area (Å²) in [5, 5.41) is 7.00. The van der Waals surface area contributed by atoms with E-state index in [0.717, 1.165) is 7.11 Å². The Morgan fingerprint density at radius 3 is 1.79 bits per heavy atom. The van der Waals surface area contributed by atoms with Gasteiger partial charge < -0.3 is 20.2 Å². The molecule has 4 nitrogen and oxygen atoms in total. The molecule has 90 valence electrons. The van der Waals surface area contributed by atoms with Crippen LogP contribution in [-0.4, -0.2) is 48.2 Å². The molecule has 1 fully saturated rings. The van der Waals surface area contributed by atoms with Gasteiger partial charge in [0.1, 0.15) is 8.24 Å². The summed E-state index contributed by atoms with van der Waals surface area (Å²) in [5.74, 6) is 0. The van der Waals surface area contributed by atoms with Crippen LogP contribution in [0.15, 0.2) is 0 Å². The molecule has 0 amide bonds. The van der Waals surface area contributed by atoms with Crippen LogP contribution < -0.4 is 10.7 Å². The highest BCUT2D eigenvalue weighted by molar-refractivity contribution is 6.83. The molecule has 0 saturated carbocycles. The lowest BCUT2D eigenvalue weighted by molar-refractivity contribution is 0.399. The van der Waals surface area contributed by atoms with Crippen LogP contribution in [0, 0.1) is 0 Å². The first-order chi connectivity index (χ1) is 6.33. The van der Waals surface area contributed by atoms with Crippen LogP contribution in [0.4, 0.5) is 0 Å².